The molecule has 0 aliphatic rings. The first kappa shape index (κ1) is 16.6. The number of hydrogen-bond acceptors (Lipinski definition) is 2. The second kappa shape index (κ2) is 6.31. The lowest BCUT2D eigenvalue weighted by molar-refractivity contribution is 0.350. The van der Waals surface area contributed by atoms with Crippen molar-refractivity contribution in [2.75, 3.05) is 11.1 Å². The smallest absolute Gasteiger partial charge is 0.181 e. The van der Waals surface area contributed by atoms with E-state index in [-0.39, 0.29) is 5.75 Å². The van der Waals surface area contributed by atoms with E-state index >= 15 is 0 Å². The lowest BCUT2D eigenvalue weighted by atomic mass is 9.87. The number of rotatable bonds is 6. The Kier molecular flexibility index (Phi) is 5.50. The van der Waals surface area contributed by atoms with Crippen LogP contribution in [0.5, 0.6) is 0 Å². The van der Waals surface area contributed by atoms with Crippen molar-refractivity contribution in [1.82, 2.24) is 0 Å². The summed E-state index contributed by atoms with van der Waals surface area (Å²) >= 11 is 3.33. The van der Waals surface area contributed by atoms with Crippen LogP contribution in [0.3, 0.4) is 0 Å². The largest absolute Gasteiger partial charge is 0.224 e. The van der Waals surface area contributed by atoms with Crippen molar-refractivity contribution in [3.05, 3.63) is 29.8 Å². The van der Waals surface area contributed by atoms with Crippen molar-refractivity contribution in [2.45, 2.75) is 31.6 Å². The first-order valence-corrected chi connectivity index (χ1v) is 8.81. The van der Waals surface area contributed by atoms with Crippen molar-refractivity contribution in [3.63, 3.8) is 0 Å². The molecule has 0 aliphatic heterocycles. The maximum atomic E-state index is 13.6. The third kappa shape index (κ3) is 3.75. The Hall–Kier alpha value is -0.490. The molecule has 0 bridgehead atoms. The molecule has 0 spiro atoms. The monoisotopic (exact) mass is 354 g/mol. The number of sulfone groups is 1. The minimum Gasteiger partial charge on any atom is -0.224 e. The first-order valence-electron chi connectivity index (χ1n) is 6.04. The molecule has 0 fully saturated rings. The van der Waals surface area contributed by atoms with E-state index in [0.29, 0.717) is 24.2 Å². The van der Waals surface area contributed by atoms with E-state index in [1.165, 1.54) is 0 Å². The van der Waals surface area contributed by atoms with Gasteiger partial charge in [-0.05, 0) is 30.4 Å². The van der Waals surface area contributed by atoms with Gasteiger partial charge in [-0.2, -0.15) is 0 Å². The normalized spacial score (nSPS) is 12.7. The zero-order valence-corrected chi connectivity index (χ0v) is 13.3. The summed E-state index contributed by atoms with van der Waals surface area (Å²) in [5, 5.41) is 0.523. The Balaban J connectivity index is 3.17. The molecule has 0 saturated heterocycles. The Labute approximate surface area is 121 Å². The summed E-state index contributed by atoms with van der Waals surface area (Å²) in [4.78, 5) is -0.430. The van der Waals surface area contributed by atoms with Crippen LogP contribution in [0.1, 0.15) is 26.7 Å². The molecular formula is C13H17BrF2O2S. The molecule has 19 heavy (non-hydrogen) atoms. The highest BCUT2D eigenvalue weighted by molar-refractivity contribution is 9.09. The van der Waals surface area contributed by atoms with Gasteiger partial charge in [-0.25, -0.2) is 17.2 Å². The molecule has 0 unspecified atom stereocenters. The summed E-state index contributed by atoms with van der Waals surface area (Å²) in [7, 11) is -3.77. The summed E-state index contributed by atoms with van der Waals surface area (Å²) in [6.07, 6.45) is 1.33. The molecule has 0 aromatic heterocycles. The maximum absolute atomic E-state index is 13.6. The second-order valence-electron chi connectivity index (χ2n) is 4.67. The van der Waals surface area contributed by atoms with Crippen molar-refractivity contribution >= 4 is 25.8 Å². The van der Waals surface area contributed by atoms with Crippen molar-refractivity contribution < 1.29 is 17.2 Å². The first-order chi connectivity index (χ1) is 8.80. The summed E-state index contributed by atoms with van der Waals surface area (Å²) in [5.41, 5.74) is -0.431. The molecule has 0 atom stereocenters. The molecule has 1 aromatic carbocycles. The van der Waals surface area contributed by atoms with Crippen LogP contribution in [0.15, 0.2) is 23.1 Å². The molecule has 1 rings (SSSR count). The quantitative estimate of drug-likeness (QED) is 0.572. The number of halogens is 3. The van der Waals surface area contributed by atoms with E-state index in [0.717, 1.165) is 12.1 Å². The molecule has 0 amide bonds. The number of alkyl halides is 1. The fourth-order valence-corrected chi connectivity index (χ4v) is 5.25. The average molecular weight is 355 g/mol. The topological polar surface area (TPSA) is 34.1 Å². The van der Waals surface area contributed by atoms with E-state index < -0.39 is 31.8 Å². The Morgan fingerprint density at radius 3 is 2.21 bits per heavy atom. The Bertz CT molecular complexity index is 531. The van der Waals surface area contributed by atoms with E-state index in [4.69, 9.17) is 0 Å². The molecule has 0 saturated carbocycles. The molecular weight excluding hydrogens is 338 g/mol. The Morgan fingerprint density at radius 1 is 1.21 bits per heavy atom. The van der Waals surface area contributed by atoms with Gasteiger partial charge in [0.25, 0.3) is 0 Å². The number of hydrogen-bond donors (Lipinski definition) is 0. The highest BCUT2D eigenvalue weighted by atomic mass is 79.9. The summed E-state index contributed by atoms with van der Waals surface area (Å²) in [5.74, 6) is -1.97. The highest BCUT2D eigenvalue weighted by Crippen LogP contribution is 2.33. The van der Waals surface area contributed by atoms with E-state index in [1.807, 2.05) is 13.8 Å². The minimum absolute atomic E-state index is 0.152. The summed E-state index contributed by atoms with van der Waals surface area (Å²) < 4.78 is 51.0. The third-order valence-corrected chi connectivity index (χ3v) is 6.69. The van der Waals surface area contributed by atoms with Gasteiger partial charge in [0.2, 0.25) is 0 Å². The van der Waals surface area contributed by atoms with E-state index in [9.17, 15) is 17.2 Å². The molecule has 108 valence electrons. The van der Waals surface area contributed by atoms with Gasteiger partial charge in [0.15, 0.2) is 9.84 Å². The van der Waals surface area contributed by atoms with Crippen LogP contribution in [0.25, 0.3) is 0 Å². The van der Waals surface area contributed by atoms with Crippen LogP contribution in [0.4, 0.5) is 8.78 Å². The van der Waals surface area contributed by atoms with Crippen LogP contribution in [0.2, 0.25) is 0 Å². The standard InChI is InChI=1S/C13H17BrF2O2S/c1-3-13(4-2,8-14)9-19(17,18)12-6-5-10(15)7-11(12)16/h5-7H,3-4,8-9H2,1-2H3. The van der Waals surface area contributed by atoms with E-state index in [2.05, 4.69) is 15.9 Å². The summed E-state index contributed by atoms with van der Waals surface area (Å²) in [6.45, 7) is 3.81. The third-order valence-electron chi connectivity index (χ3n) is 3.51. The van der Waals surface area contributed by atoms with Crippen LogP contribution in [-0.4, -0.2) is 19.5 Å². The SMILES string of the molecule is CCC(CC)(CBr)CS(=O)(=O)c1ccc(F)cc1F. The molecule has 0 aliphatic carbocycles. The van der Waals surface area contributed by atoms with Crippen molar-refractivity contribution in [2.24, 2.45) is 5.41 Å². The lowest BCUT2D eigenvalue weighted by Crippen LogP contribution is -2.31. The zero-order chi connectivity index (χ0) is 14.7. The zero-order valence-electron chi connectivity index (χ0n) is 10.9. The van der Waals surface area contributed by atoms with Gasteiger partial charge in [0.1, 0.15) is 16.5 Å². The highest BCUT2D eigenvalue weighted by Gasteiger charge is 2.33. The molecule has 0 N–H and O–H groups in total. The van der Waals surface area contributed by atoms with Gasteiger partial charge >= 0.3 is 0 Å². The molecule has 0 heterocycles. The van der Waals surface area contributed by atoms with Gasteiger partial charge in [0, 0.05) is 11.4 Å². The van der Waals surface area contributed by atoms with Gasteiger partial charge in [-0.15, -0.1) is 0 Å². The second-order valence-corrected chi connectivity index (χ2v) is 7.19. The maximum Gasteiger partial charge on any atom is 0.181 e. The van der Waals surface area contributed by atoms with Gasteiger partial charge < -0.3 is 0 Å². The molecule has 0 radical (unpaired) electrons. The van der Waals surface area contributed by atoms with Crippen molar-refractivity contribution in [3.8, 4) is 0 Å². The van der Waals surface area contributed by atoms with Gasteiger partial charge in [0.05, 0.1) is 5.75 Å². The molecule has 6 heteroatoms. The molecule has 1 aromatic rings. The predicted molar refractivity (Wildman–Crippen MR) is 75.2 cm³/mol. The summed E-state index contributed by atoms with van der Waals surface area (Å²) in [6, 6.07) is 2.55. The fraction of sp³-hybridized carbons (Fsp3) is 0.538. The minimum atomic E-state index is -3.77. The number of benzene rings is 1. The lowest BCUT2D eigenvalue weighted by Gasteiger charge is -2.29. The van der Waals surface area contributed by atoms with Crippen LogP contribution < -0.4 is 0 Å². The predicted octanol–water partition coefficient (Wildman–Crippen LogP) is 3.94. The van der Waals surface area contributed by atoms with Crippen molar-refractivity contribution in [1.29, 1.82) is 0 Å². The molecule has 2 nitrogen and oxygen atoms in total. The average Bonchev–Trinajstić information content (AvgIpc) is 2.35. The Morgan fingerprint density at radius 2 is 1.79 bits per heavy atom. The van der Waals surface area contributed by atoms with E-state index in [1.54, 1.807) is 0 Å². The van der Waals surface area contributed by atoms with Crippen LogP contribution >= 0.6 is 15.9 Å². The fourth-order valence-electron chi connectivity index (χ4n) is 1.89. The van der Waals surface area contributed by atoms with Gasteiger partial charge in [-0.1, -0.05) is 29.8 Å². The van der Waals surface area contributed by atoms with Crippen LogP contribution in [-0.2, 0) is 9.84 Å². The van der Waals surface area contributed by atoms with Gasteiger partial charge in [-0.3, -0.25) is 0 Å². The van der Waals surface area contributed by atoms with Crippen LogP contribution in [0, 0.1) is 17.0 Å².